The third-order valence-electron chi connectivity index (χ3n) is 2.85. The Labute approximate surface area is 130 Å². The van der Waals surface area contributed by atoms with Gasteiger partial charge in [-0.25, -0.2) is 0 Å². The Kier molecular flexibility index (Phi) is 4.05. The lowest BCUT2D eigenvalue weighted by Gasteiger charge is -2.20. The maximum atomic E-state index is 11.2. The first-order valence-electron chi connectivity index (χ1n) is 5.49. The summed E-state index contributed by atoms with van der Waals surface area (Å²) in [7, 11) is 0. The van der Waals surface area contributed by atoms with Crippen molar-refractivity contribution in [1.29, 1.82) is 0 Å². The van der Waals surface area contributed by atoms with E-state index in [0.717, 1.165) is 0 Å². The molecule has 104 valence electrons. The number of alkyl halides is 2. The Morgan fingerprint density at radius 2 is 1.75 bits per heavy atom. The molecule has 1 aliphatic carbocycles. The van der Waals surface area contributed by atoms with Crippen LogP contribution in [0.25, 0.3) is 0 Å². The van der Waals surface area contributed by atoms with Crippen LogP contribution in [0.1, 0.15) is 11.5 Å². The molecule has 0 fully saturated rings. The Bertz CT molecular complexity index is 640. The fourth-order valence-electron chi connectivity index (χ4n) is 2.00. The molecule has 1 aromatic carbocycles. The first-order chi connectivity index (χ1) is 9.32. The van der Waals surface area contributed by atoms with Crippen molar-refractivity contribution in [2.75, 3.05) is 0 Å². The van der Waals surface area contributed by atoms with Crippen molar-refractivity contribution in [2.24, 2.45) is 0 Å². The highest BCUT2D eigenvalue weighted by Crippen LogP contribution is 2.42. The highest BCUT2D eigenvalue weighted by atomic mass is 79.9. The van der Waals surface area contributed by atoms with E-state index in [-0.39, 0.29) is 11.4 Å². The van der Waals surface area contributed by atoms with Crippen LogP contribution in [0, 0.1) is 20.2 Å². The summed E-state index contributed by atoms with van der Waals surface area (Å²) in [6, 6.07) is 6.02. The number of nitro benzene ring substituents is 1. The van der Waals surface area contributed by atoms with E-state index in [1.54, 1.807) is 18.2 Å². The van der Waals surface area contributed by atoms with Gasteiger partial charge in [-0.1, -0.05) is 62.2 Å². The van der Waals surface area contributed by atoms with Gasteiger partial charge in [0.15, 0.2) is 0 Å². The van der Waals surface area contributed by atoms with E-state index in [0.29, 0.717) is 5.56 Å². The van der Waals surface area contributed by atoms with Gasteiger partial charge in [-0.3, -0.25) is 20.2 Å². The van der Waals surface area contributed by atoms with Crippen molar-refractivity contribution in [3.63, 3.8) is 0 Å². The maximum absolute atomic E-state index is 11.2. The van der Waals surface area contributed by atoms with E-state index in [1.807, 2.05) is 0 Å². The van der Waals surface area contributed by atoms with Crippen molar-refractivity contribution >= 4 is 37.5 Å². The lowest BCUT2D eigenvalue weighted by molar-refractivity contribution is -0.430. The third-order valence-corrected chi connectivity index (χ3v) is 3.84. The predicted molar refractivity (Wildman–Crippen MR) is 80.6 cm³/mol. The van der Waals surface area contributed by atoms with Crippen LogP contribution in [-0.2, 0) is 0 Å². The average molecular weight is 404 g/mol. The van der Waals surface area contributed by atoms with Crippen molar-refractivity contribution < 1.29 is 9.85 Å². The van der Waals surface area contributed by atoms with Gasteiger partial charge in [0.2, 0.25) is 0 Å². The monoisotopic (exact) mass is 402 g/mol. The van der Waals surface area contributed by atoms with E-state index >= 15 is 0 Å². The van der Waals surface area contributed by atoms with Crippen LogP contribution in [-0.4, -0.2) is 13.1 Å². The van der Waals surface area contributed by atoms with Crippen LogP contribution >= 0.6 is 31.9 Å². The van der Waals surface area contributed by atoms with Crippen LogP contribution in [0.4, 0.5) is 5.69 Å². The predicted octanol–water partition coefficient (Wildman–Crippen LogP) is 3.89. The Morgan fingerprint density at radius 3 is 2.35 bits per heavy atom. The molecule has 0 aromatic heterocycles. The fourth-order valence-corrected chi connectivity index (χ4v) is 2.78. The van der Waals surface area contributed by atoms with Crippen molar-refractivity contribution in [3.8, 4) is 0 Å². The third kappa shape index (κ3) is 2.96. The zero-order valence-electron chi connectivity index (χ0n) is 9.90. The summed E-state index contributed by atoms with van der Waals surface area (Å²) in [5, 5.41) is 22.2. The highest BCUT2D eigenvalue weighted by Gasteiger charge is 2.36. The van der Waals surface area contributed by atoms with E-state index in [2.05, 4.69) is 31.9 Å². The number of hydrogen-bond acceptors (Lipinski definition) is 4. The minimum Gasteiger partial charge on any atom is -0.259 e. The van der Waals surface area contributed by atoms with Crippen molar-refractivity contribution in [3.05, 3.63) is 74.0 Å². The topological polar surface area (TPSA) is 86.3 Å². The van der Waals surface area contributed by atoms with E-state index in [1.165, 1.54) is 24.3 Å². The van der Waals surface area contributed by atoms with Gasteiger partial charge in [0.05, 0.1) is 15.8 Å². The van der Waals surface area contributed by atoms with Gasteiger partial charge in [0.1, 0.15) is 3.23 Å². The Balaban J connectivity index is 2.55. The number of para-hydroxylation sites is 1. The average Bonchev–Trinajstić information content (AvgIpc) is 2.37. The molecule has 1 atom stereocenters. The molecule has 0 amide bonds. The summed E-state index contributed by atoms with van der Waals surface area (Å²) in [5.41, 5.74) is 0.0503. The van der Waals surface area contributed by atoms with Gasteiger partial charge in [0.25, 0.3) is 11.4 Å². The molecule has 0 heterocycles. The molecule has 6 nitrogen and oxygen atoms in total. The van der Waals surface area contributed by atoms with Gasteiger partial charge in [0, 0.05) is 17.7 Å². The number of hydrogen-bond donors (Lipinski definition) is 0. The summed E-state index contributed by atoms with van der Waals surface area (Å²) < 4.78 is -0.803. The van der Waals surface area contributed by atoms with Crippen molar-refractivity contribution in [2.45, 2.75) is 9.15 Å². The highest BCUT2D eigenvalue weighted by molar-refractivity contribution is 9.25. The Hall–Kier alpha value is -1.54. The first kappa shape index (κ1) is 14.9. The number of nitro groups is 2. The molecule has 8 heteroatoms. The van der Waals surface area contributed by atoms with Crippen LogP contribution in [0.15, 0.2) is 48.2 Å². The second-order valence-electron chi connectivity index (χ2n) is 4.15. The van der Waals surface area contributed by atoms with Gasteiger partial charge >= 0.3 is 0 Å². The van der Waals surface area contributed by atoms with Crippen molar-refractivity contribution in [1.82, 2.24) is 0 Å². The summed E-state index contributed by atoms with van der Waals surface area (Å²) in [6.45, 7) is 0. The number of benzene rings is 1. The lowest BCUT2D eigenvalue weighted by atomic mass is 9.90. The molecule has 0 saturated carbocycles. The number of allylic oxidation sites excluding steroid dienone is 3. The molecule has 0 saturated heterocycles. The zero-order valence-corrected chi connectivity index (χ0v) is 13.1. The van der Waals surface area contributed by atoms with Crippen LogP contribution < -0.4 is 0 Å². The first-order valence-corrected chi connectivity index (χ1v) is 7.08. The standard InChI is InChI=1S/C12H8Br2N2O4/c13-12(14)6-5-9(11(7-12)16(19)20)8-3-1-2-4-10(8)15(17)18/h1-7,9H. The fraction of sp³-hybridized carbons (Fsp3) is 0.167. The van der Waals surface area contributed by atoms with Crippen LogP contribution in [0.2, 0.25) is 0 Å². The number of halogens is 2. The van der Waals surface area contributed by atoms with Gasteiger partial charge in [-0.2, -0.15) is 0 Å². The number of nitrogens with zero attached hydrogens (tertiary/aromatic N) is 2. The summed E-state index contributed by atoms with van der Waals surface area (Å²) >= 11 is 6.53. The molecular weight excluding hydrogens is 396 g/mol. The minimum atomic E-state index is -0.803. The summed E-state index contributed by atoms with van der Waals surface area (Å²) in [6.07, 6.45) is 4.62. The summed E-state index contributed by atoms with van der Waals surface area (Å²) in [5.74, 6) is -0.755. The van der Waals surface area contributed by atoms with E-state index in [9.17, 15) is 20.2 Å². The van der Waals surface area contributed by atoms with Crippen LogP contribution in [0.5, 0.6) is 0 Å². The lowest BCUT2D eigenvalue weighted by Crippen LogP contribution is -2.19. The molecule has 0 radical (unpaired) electrons. The molecule has 2 rings (SSSR count). The largest absolute Gasteiger partial charge is 0.273 e. The van der Waals surface area contributed by atoms with E-state index in [4.69, 9.17) is 0 Å². The quantitative estimate of drug-likeness (QED) is 0.331. The molecule has 0 aliphatic heterocycles. The SMILES string of the molecule is O=[N+]([O-])C1=CC(Br)(Br)C=CC1c1ccccc1[N+](=O)[O-]. The van der Waals surface area contributed by atoms with E-state index < -0.39 is 19.0 Å². The molecule has 20 heavy (non-hydrogen) atoms. The van der Waals surface area contributed by atoms with Crippen LogP contribution in [0.3, 0.4) is 0 Å². The zero-order chi connectivity index (χ0) is 14.9. The Morgan fingerprint density at radius 1 is 1.10 bits per heavy atom. The number of rotatable bonds is 3. The minimum absolute atomic E-state index is 0.115. The second kappa shape index (κ2) is 5.45. The molecular formula is C12H8Br2N2O4. The molecule has 0 bridgehead atoms. The van der Waals surface area contributed by atoms with Gasteiger partial charge in [-0.15, -0.1) is 0 Å². The smallest absolute Gasteiger partial charge is 0.259 e. The molecule has 1 aromatic rings. The van der Waals surface area contributed by atoms with Gasteiger partial charge < -0.3 is 0 Å². The second-order valence-corrected chi connectivity index (χ2v) is 7.84. The molecule has 0 N–H and O–H groups in total. The molecule has 1 aliphatic rings. The normalized spacial score (nSPS) is 20.3. The summed E-state index contributed by atoms with van der Waals surface area (Å²) in [4.78, 5) is 21.2. The molecule has 1 unspecified atom stereocenters. The van der Waals surface area contributed by atoms with Gasteiger partial charge in [-0.05, 0) is 0 Å². The molecule has 0 spiro atoms. The maximum Gasteiger partial charge on any atom is 0.273 e.